The highest BCUT2D eigenvalue weighted by Gasteiger charge is 2.67. The van der Waals surface area contributed by atoms with Crippen molar-refractivity contribution in [3.63, 3.8) is 0 Å². The van der Waals surface area contributed by atoms with Crippen molar-refractivity contribution in [2.75, 3.05) is 23.7 Å². The highest BCUT2D eigenvalue weighted by molar-refractivity contribution is 14.1. The third-order valence-electron chi connectivity index (χ3n) is 16.2. The van der Waals surface area contributed by atoms with Gasteiger partial charge in [-0.25, -0.2) is 9.36 Å². The summed E-state index contributed by atoms with van der Waals surface area (Å²) in [5.74, 6) is 2.07. The lowest BCUT2D eigenvalue weighted by molar-refractivity contribution is -0.183. The van der Waals surface area contributed by atoms with Crippen LogP contribution in [0.2, 0.25) is 0 Å². The maximum Gasteiger partial charge on any atom is 0.413 e. The highest BCUT2D eigenvalue weighted by atomic mass is 127. The average molecular weight is 1300 g/mol. The minimum absolute atomic E-state index is 0.00241. The van der Waals surface area contributed by atoms with Crippen LogP contribution in [0.15, 0.2) is 122 Å². The molecule has 0 radical (unpaired) electrons. The van der Waals surface area contributed by atoms with Crippen LogP contribution in [0, 0.1) is 49.0 Å². The molecule has 22 heteroatoms. The van der Waals surface area contributed by atoms with Crippen molar-refractivity contribution in [1.82, 2.24) is 49.9 Å². The first-order chi connectivity index (χ1) is 41.8. The molecular formula is C66H60F6IN15. The molecule has 448 valence electrons. The Morgan fingerprint density at radius 3 is 1.49 bits per heavy atom. The molecule has 2 fully saturated rings. The van der Waals surface area contributed by atoms with Gasteiger partial charge in [0.1, 0.15) is 12.1 Å². The van der Waals surface area contributed by atoms with E-state index < -0.39 is 29.3 Å². The molecule has 2 aliphatic carbocycles. The second kappa shape index (κ2) is 23.3. The van der Waals surface area contributed by atoms with Crippen molar-refractivity contribution in [3.05, 3.63) is 176 Å². The maximum absolute atomic E-state index is 14.0. The zero-order valence-corrected chi connectivity index (χ0v) is 51.1. The van der Waals surface area contributed by atoms with Gasteiger partial charge in [-0.1, -0.05) is 88.4 Å². The molecule has 2 atom stereocenters. The number of hydrogen-bond donors (Lipinski definition) is 3. The summed E-state index contributed by atoms with van der Waals surface area (Å²) in [6.07, 6.45) is 1.29. The summed E-state index contributed by atoms with van der Waals surface area (Å²) in [4.78, 5) is 18.1. The van der Waals surface area contributed by atoms with Crippen molar-refractivity contribution in [2.24, 2.45) is 16.6 Å². The second-order valence-corrected chi connectivity index (χ2v) is 26.2. The van der Waals surface area contributed by atoms with Crippen LogP contribution in [0.3, 0.4) is 0 Å². The number of hydrogen-bond acceptors (Lipinski definition) is 13. The number of halogens is 7. The molecule has 6 heterocycles. The molecule has 0 saturated heterocycles. The predicted octanol–water partition coefficient (Wildman–Crippen LogP) is 14.1. The number of benzene rings is 4. The van der Waals surface area contributed by atoms with E-state index in [0.29, 0.717) is 70.6 Å². The molecule has 2 saturated carbocycles. The Morgan fingerprint density at radius 2 is 1.03 bits per heavy atom. The van der Waals surface area contributed by atoms with Crippen LogP contribution in [-0.2, 0) is 23.9 Å². The topological polar surface area (TPSA) is 211 Å². The van der Waals surface area contributed by atoms with E-state index in [1.165, 1.54) is 18.6 Å². The van der Waals surface area contributed by atoms with Crippen LogP contribution in [0.1, 0.15) is 129 Å². The van der Waals surface area contributed by atoms with Crippen LogP contribution in [0.25, 0.3) is 43.6 Å². The van der Waals surface area contributed by atoms with Gasteiger partial charge < -0.3 is 16.4 Å². The van der Waals surface area contributed by atoms with E-state index in [1.807, 2.05) is 66.7 Å². The van der Waals surface area contributed by atoms with E-state index in [0.717, 1.165) is 73.6 Å². The summed E-state index contributed by atoms with van der Waals surface area (Å²) in [6, 6.07) is 33.8. The maximum atomic E-state index is 14.0. The molecule has 0 unspecified atom stereocenters. The molecule has 12 rings (SSSR count). The molecule has 6 aromatic heterocycles. The van der Waals surface area contributed by atoms with Crippen molar-refractivity contribution >= 4 is 77.6 Å². The molecule has 2 aliphatic rings. The number of nitrogens with two attached hydrogens (primary N) is 1. The molecule has 4 N–H and O–H groups in total. The lowest BCUT2D eigenvalue weighted by Gasteiger charge is -2.22. The van der Waals surface area contributed by atoms with E-state index in [1.54, 1.807) is 24.7 Å². The largest absolute Gasteiger partial charge is 0.413 e. The third kappa shape index (κ3) is 12.1. The minimum atomic E-state index is -4.45. The fraction of sp³-hybridized carbons (Fsp3) is 0.333. The summed E-state index contributed by atoms with van der Waals surface area (Å²) < 4.78 is 86.8. The smallest absolute Gasteiger partial charge is 0.383 e. The van der Waals surface area contributed by atoms with E-state index >= 15 is 0 Å². The Labute approximate surface area is 517 Å². The van der Waals surface area contributed by atoms with Crippen LogP contribution in [-0.4, -0.2) is 75.4 Å². The Hall–Kier alpha value is -8.95. The molecule has 15 nitrogen and oxygen atoms in total. The number of aromatic nitrogens is 10. The first-order valence-electron chi connectivity index (χ1n) is 28.6. The van der Waals surface area contributed by atoms with Gasteiger partial charge in [-0.05, 0) is 149 Å². The van der Waals surface area contributed by atoms with Gasteiger partial charge in [0, 0.05) is 80.9 Å². The van der Waals surface area contributed by atoms with Gasteiger partial charge in [0.15, 0.2) is 11.1 Å². The Balaban J connectivity index is 0.000000182. The molecule has 88 heavy (non-hydrogen) atoms. The van der Waals surface area contributed by atoms with Gasteiger partial charge >= 0.3 is 12.4 Å². The number of nitrogens with zero attached hydrogens (tertiary/aromatic N) is 12. The van der Waals surface area contributed by atoms with Crippen molar-refractivity contribution < 1.29 is 26.3 Å². The lowest BCUT2D eigenvalue weighted by Crippen LogP contribution is -2.35. The number of nitrogens with one attached hydrogen (secondary N) is 2. The predicted molar refractivity (Wildman–Crippen MR) is 334 cm³/mol. The Kier molecular flexibility index (Phi) is 16.1. The van der Waals surface area contributed by atoms with Crippen molar-refractivity contribution in [3.8, 4) is 24.1 Å². The van der Waals surface area contributed by atoms with Crippen molar-refractivity contribution in [2.45, 2.75) is 115 Å². The van der Waals surface area contributed by atoms with Crippen LogP contribution in [0.4, 0.5) is 37.7 Å². The Bertz CT molecular complexity index is 4460. The normalized spacial score (nSPS) is 15.1. The fourth-order valence-corrected chi connectivity index (χ4v) is 12.1. The number of nitriles is 2. The monoisotopic (exact) mass is 1300 g/mol. The minimum Gasteiger partial charge on any atom is -0.383 e. The standard InChI is InChI=1S/C33H31F3IN7.C33H29F3N8/c1-31(2,3)19-41-29-21(9-12-38)17-40-30-25(29)15-20(16-26(30)37)14-24(22-6-4-8-27-23(22)7-5-13-39-27)28-18-44(43-42-28)32(10-11-32)33(34,35)36;1-31(2,3)19-41-30-22(16-38)17-40-29-21(15-37)12-20(14-26(29)30)13-25(23-6-4-8-27-24(23)7-5-11-39-27)28-18-44(43-42-28)32(9-10-32)33(34,35)36/h4-8,13,15-18,24H,10-11,14,19,38H2,1-3H3,(H,40,41);4-8,11-12,14,17-18,25H,9-10,13,19H2,1-3H3,(H,40,41)/t24-;25-/m00/s1. The second-order valence-electron chi connectivity index (χ2n) is 25.0. The molecule has 10 aromatic rings. The SMILES string of the molecule is CC(C)(C)CNc1c(C#CN)cnc2c(I)cc(C[C@H](c3cn(C4(C(F)(F)F)CC4)nn3)c3cccc4ncccc34)cc12.CC(C)(C)CNc1c(C#N)cnc2c(C#N)cc(C[C@H](c3cn(C4(C(F)(F)F)CC4)nn3)c3cccc4ncccc34)cc12. The van der Waals surface area contributed by atoms with E-state index in [-0.39, 0.29) is 42.4 Å². The first kappa shape index (κ1) is 60.7. The summed E-state index contributed by atoms with van der Waals surface area (Å²) in [6.45, 7) is 13.9. The van der Waals surface area contributed by atoms with E-state index in [2.05, 4.69) is 147 Å². The van der Waals surface area contributed by atoms with E-state index in [9.17, 15) is 36.9 Å². The first-order valence-corrected chi connectivity index (χ1v) is 29.6. The number of fused-ring (bicyclic) bond motifs is 4. The van der Waals surface area contributed by atoms with Crippen LogP contribution < -0.4 is 16.4 Å². The molecule has 4 aromatic carbocycles. The molecule has 0 aliphatic heterocycles. The number of anilines is 2. The summed E-state index contributed by atoms with van der Waals surface area (Å²) in [7, 11) is 0. The fourth-order valence-electron chi connectivity index (χ4n) is 11.2. The van der Waals surface area contributed by atoms with Gasteiger partial charge in [0.25, 0.3) is 0 Å². The van der Waals surface area contributed by atoms with Crippen molar-refractivity contribution in [1.29, 1.82) is 10.5 Å². The van der Waals surface area contributed by atoms with Gasteiger partial charge in [-0.2, -0.15) is 36.9 Å². The lowest BCUT2D eigenvalue weighted by atomic mass is 9.86. The van der Waals surface area contributed by atoms with Crippen LogP contribution in [0.5, 0.6) is 0 Å². The summed E-state index contributed by atoms with van der Waals surface area (Å²) in [5.41, 5.74) is 11.4. The van der Waals surface area contributed by atoms with Gasteiger partial charge in [0.05, 0.1) is 73.9 Å². The highest BCUT2D eigenvalue weighted by Crippen LogP contribution is 2.56. The van der Waals surface area contributed by atoms with Gasteiger partial charge in [-0.15, -0.1) is 10.2 Å². The zero-order valence-electron chi connectivity index (χ0n) is 48.9. The third-order valence-corrected chi connectivity index (χ3v) is 17.0. The number of rotatable bonds is 14. The quantitative estimate of drug-likeness (QED) is 0.0401. The summed E-state index contributed by atoms with van der Waals surface area (Å²) >= 11 is 2.28. The van der Waals surface area contributed by atoms with E-state index in [4.69, 9.17) is 10.7 Å². The average Bonchev–Trinajstić information content (AvgIpc) is 1.65. The molecule has 0 bridgehead atoms. The zero-order chi connectivity index (χ0) is 62.6. The summed E-state index contributed by atoms with van der Waals surface area (Å²) in [5, 5.41) is 46.9. The Morgan fingerprint density at radius 1 is 0.580 bits per heavy atom. The van der Waals surface area contributed by atoms with Gasteiger partial charge in [0.2, 0.25) is 0 Å². The molecule has 0 amide bonds. The number of alkyl halides is 6. The molecule has 0 spiro atoms. The van der Waals surface area contributed by atoms with Gasteiger partial charge in [-0.3, -0.25) is 19.9 Å². The number of pyridine rings is 4. The van der Waals surface area contributed by atoms with Crippen LogP contribution >= 0.6 is 22.6 Å². The molecular weight excluding hydrogens is 1240 g/mol.